The maximum absolute atomic E-state index is 11.8. The third-order valence-corrected chi connectivity index (χ3v) is 3.92. The van der Waals surface area contributed by atoms with Crippen LogP contribution in [0.2, 0.25) is 5.02 Å². The molecule has 0 bridgehead atoms. The molecule has 1 aromatic carbocycles. The lowest BCUT2D eigenvalue weighted by molar-refractivity contribution is -0.148. The van der Waals surface area contributed by atoms with Crippen LogP contribution in [0, 0.1) is 6.92 Å². The summed E-state index contributed by atoms with van der Waals surface area (Å²) >= 11 is 6.02. The van der Waals surface area contributed by atoms with Crippen molar-refractivity contribution in [3.63, 3.8) is 0 Å². The minimum Gasteiger partial charge on any atom is -0.480 e. The van der Waals surface area contributed by atoms with Gasteiger partial charge >= 0.3 is 5.97 Å². The van der Waals surface area contributed by atoms with E-state index in [1.807, 2.05) is 13.0 Å². The number of rotatable bonds is 5. The Morgan fingerprint density at radius 1 is 1.40 bits per heavy atom. The summed E-state index contributed by atoms with van der Waals surface area (Å²) in [5.74, 6) is -1.20. The molecule has 0 saturated heterocycles. The van der Waals surface area contributed by atoms with E-state index in [2.05, 4.69) is 10.6 Å². The molecule has 5 nitrogen and oxygen atoms in total. The fourth-order valence-electron chi connectivity index (χ4n) is 2.16. The standard InChI is InChI=1S/C14H17ClN2O3/c1-9-3-4-11(10(15)7-9)17-12(18)8-16-14(13(19)20)5-2-6-14/h3-4,7,16H,2,5-6,8H2,1H3,(H,17,18)(H,19,20). The SMILES string of the molecule is Cc1ccc(NC(=O)CNC2(C(=O)O)CCC2)c(Cl)c1. The van der Waals surface area contributed by atoms with Crippen LogP contribution in [0.5, 0.6) is 0 Å². The molecule has 3 N–H and O–H groups in total. The minimum atomic E-state index is -0.936. The van der Waals surface area contributed by atoms with Gasteiger partial charge in [-0.1, -0.05) is 17.7 Å². The van der Waals surface area contributed by atoms with Gasteiger partial charge < -0.3 is 10.4 Å². The van der Waals surface area contributed by atoms with Crippen molar-refractivity contribution in [1.82, 2.24) is 5.32 Å². The molecule has 1 saturated carbocycles. The van der Waals surface area contributed by atoms with Crippen LogP contribution in [0.15, 0.2) is 18.2 Å². The molecule has 1 aliphatic carbocycles. The van der Waals surface area contributed by atoms with Gasteiger partial charge in [0.05, 0.1) is 17.3 Å². The van der Waals surface area contributed by atoms with Crippen LogP contribution >= 0.6 is 11.6 Å². The van der Waals surface area contributed by atoms with E-state index in [9.17, 15) is 9.59 Å². The van der Waals surface area contributed by atoms with E-state index in [-0.39, 0.29) is 12.5 Å². The van der Waals surface area contributed by atoms with Crippen LogP contribution in [0.4, 0.5) is 5.69 Å². The molecule has 1 aromatic rings. The molecular formula is C14H17ClN2O3. The number of amides is 1. The highest BCUT2D eigenvalue weighted by molar-refractivity contribution is 6.33. The molecule has 1 amide bonds. The summed E-state index contributed by atoms with van der Waals surface area (Å²) in [4.78, 5) is 23.0. The molecule has 2 rings (SSSR count). The number of aryl methyl sites for hydroxylation is 1. The fraction of sp³-hybridized carbons (Fsp3) is 0.429. The first kappa shape index (κ1) is 14.8. The number of hydrogen-bond acceptors (Lipinski definition) is 3. The Morgan fingerprint density at radius 3 is 2.60 bits per heavy atom. The Kier molecular flexibility index (Phi) is 4.30. The van der Waals surface area contributed by atoms with Gasteiger partial charge in [-0.2, -0.15) is 0 Å². The number of hydrogen-bond donors (Lipinski definition) is 3. The minimum absolute atomic E-state index is 0.0451. The van der Waals surface area contributed by atoms with Crippen molar-refractivity contribution in [3.05, 3.63) is 28.8 Å². The summed E-state index contributed by atoms with van der Waals surface area (Å²) in [5, 5.41) is 15.1. The number of carbonyl (C=O) groups excluding carboxylic acids is 1. The van der Waals surface area contributed by atoms with Gasteiger partial charge in [0.25, 0.3) is 0 Å². The maximum atomic E-state index is 11.8. The molecule has 0 radical (unpaired) electrons. The second kappa shape index (κ2) is 5.81. The van der Waals surface area contributed by atoms with Gasteiger partial charge in [0.2, 0.25) is 5.91 Å². The second-order valence-corrected chi connectivity index (χ2v) is 5.53. The molecule has 0 heterocycles. The molecule has 0 unspecified atom stereocenters. The van der Waals surface area contributed by atoms with Crippen LogP contribution in [0.1, 0.15) is 24.8 Å². The van der Waals surface area contributed by atoms with Crippen molar-refractivity contribution in [3.8, 4) is 0 Å². The maximum Gasteiger partial charge on any atom is 0.323 e. The summed E-state index contributed by atoms with van der Waals surface area (Å²) in [5.41, 5.74) is 0.599. The summed E-state index contributed by atoms with van der Waals surface area (Å²) < 4.78 is 0. The monoisotopic (exact) mass is 296 g/mol. The van der Waals surface area contributed by atoms with Crippen molar-refractivity contribution in [1.29, 1.82) is 0 Å². The highest BCUT2D eigenvalue weighted by Crippen LogP contribution is 2.31. The Labute approximate surface area is 122 Å². The van der Waals surface area contributed by atoms with Crippen LogP contribution in [0.25, 0.3) is 0 Å². The smallest absolute Gasteiger partial charge is 0.323 e. The topological polar surface area (TPSA) is 78.4 Å². The molecule has 1 fully saturated rings. The first-order chi connectivity index (χ1) is 9.43. The number of carboxylic acid groups (broad SMARTS) is 1. The predicted octanol–water partition coefficient (Wildman–Crippen LogP) is 2.18. The number of benzene rings is 1. The van der Waals surface area contributed by atoms with E-state index in [4.69, 9.17) is 16.7 Å². The van der Waals surface area contributed by atoms with Crippen LogP contribution in [0.3, 0.4) is 0 Å². The molecule has 0 aliphatic heterocycles. The zero-order chi connectivity index (χ0) is 14.8. The molecule has 0 aromatic heterocycles. The predicted molar refractivity (Wildman–Crippen MR) is 77.0 cm³/mol. The van der Waals surface area contributed by atoms with Gasteiger partial charge in [-0.3, -0.25) is 14.9 Å². The Morgan fingerprint density at radius 2 is 2.10 bits per heavy atom. The van der Waals surface area contributed by atoms with E-state index in [1.165, 1.54) is 0 Å². The van der Waals surface area contributed by atoms with E-state index in [0.29, 0.717) is 23.6 Å². The van der Waals surface area contributed by atoms with Gasteiger partial charge in [0.15, 0.2) is 0 Å². The van der Waals surface area contributed by atoms with Gasteiger partial charge in [-0.25, -0.2) is 0 Å². The third kappa shape index (κ3) is 3.11. The quantitative estimate of drug-likeness (QED) is 0.778. The van der Waals surface area contributed by atoms with Gasteiger partial charge in [-0.15, -0.1) is 0 Å². The molecule has 0 atom stereocenters. The first-order valence-electron chi connectivity index (χ1n) is 6.47. The second-order valence-electron chi connectivity index (χ2n) is 5.13. The van der Waals surface area contributed by atoms with E-state index in [0.717, 1.165) is 12.0 Å². The molecule has 0 spiro atoms. The highest BCUT2D eigenvalue weighted by atomic mass is 35.5. The normalized spacial score (nSPS) is 16.3. The van der Waals surface area contributed by atoms with Gasteiger partial charge in [0, 0.05) is 0 Å². The van der Waals surface area contributed by atoms with Crippen LogP contribution < -0.4 is 10.6 Å². The summed E-state index contributed by atoms with van der Waals surface area (Å²) in [7, 11) is 0. The Hall–Kier alpha value is -1.59. The van der Waals surface area contributed by atoms with Crippen molar-refractivity contribution in [2.24, 2.45) is 0 Å². The number of halogens is 1. The largest absolute Gasteiger partial charge is 0.480 e. The van der Waals surface area contributed by atoms with Crippen molar-refractivity contribution in [2.45, 2.75) is 31.7 Å². The van der Waals surface area contributed by atoms with E-state index >= 15 is 0 Å². The van der Waals surface area contributed by atoms with E-state index < -0.39 is 11.5 Å². The fourth-order valence-corrected chi connectivity index (χ4v) is 2.44. The lowest BCUT2D eigenvalue weighted by atomic mass is 9.77. The lowest BCUT2D eigenvalue weighted by Gasteiger charge is -2.38. The molecule has 108 valence electrons. The average Bonchev–Trinajstić information content (AvgIpc) is 2.31. The number of carbonyl (C=O) groups is 2. The van der Waals surface area contributed by atoms with Crippen LogP contribution in [-0.4, -0.2) is 29.1 Å². The molecular weight excluding hydrogens is 280 g/mol. The Balaban J connectivity index is 1.91. The van der Waals surface area contributed by atoms with Crippen molar-refractivity contribution in [2.75, 3.05) is 11.9 Å². The zero-order valence-electron chi connectivity index (χ0n) is 11.2. The van der Waals surface area contributed by atoms with Crippen molar-refractivity contribution < 1.29 is 14.7 Å². The number of carboxylic acids is 1. The summed E-state index contributed by atoms with van der Waals surface area (Å²) in [6.45, 7) is 1.86. The molecule has 20 heavy (non-hydrogen) atoms. The lowest BCUT2D eigenvalue weighted by Crippen LogP contribution is -2.58. The Bertz CT molecular complexity index is 541. The number of nitrogens with one attached hydrogen (secondary N) is 2. The number of aliphatic carboxylic acids is 1. The molecule has 6 heteroatoms. The summed E-state index contributed by atoms with van der Waals surface area (Å²) in [6.07, 6.45) is 1.98. The van der Waals surface area contributed by atoms with E-state index in [1.54, 1.807) is 12.1 Å². The first-order valence-corrected chi connectivity index (χ1v) is 6.85. The van der Waals surface area contributed by atoms with Crippen LogP contribution in [-0.2, 0) is 9.59 Å². The summed E-state index contributed by atoms with van der Waals surface area (Å²) in [6, 6.07) is 5.33. The average molecular weight is 297 g/mol. The zero-order valence-corrected chi connectivity index (χ0v) is 12.0. The third-order valence-electron chi connectivity index (χ3n) is 3.60. The van der Waals surface area contributed by atoms with Crippen molar-refractivity contribution >= 4 is 29.2 Å². The van der Waals surface area contributed by atoms with Gasteiger partial charge in [-0.05, 0) is 43.9 Å². The highest BCUT2D eigenvalue weighted by Gasteiger charge is 2.44. The molecule has 1 aliphatic rings. The number of anilines is 1. The van der Waals surface area contributed by atoms with Gasteiger partial charge in [0.1, 0.15) is 5.54 Å².